The number of aliphatic hydroxyl groups excluding tert-OH is 1. The standard InChI is InChI=1S/C19H22N2O3S2/c1-3-20(9-10-22)17(23)13-21-18(24)16(26-19(21)25)12-14(2)11-15-7-5-4-6-8-15/h4-8,11-12,22H,3,9-10,13H2,1-2H3/b14-11+,16-12-. The van der Waals surface area contributed by atoms with Gasteiger partial charge in [0.2, 0.25) is 5.91 Å². The van der Waals surface area contributed by atoms with Crippen LogP contribution in [0.15, 0.2) is 46.9 Å². The van der Waals surface area contributed by atoms with Crippen LogP contribution in [0.5, 0.6) is 0 Å². The van der Waals surface area contributed by atoms with E-state index in [0.29, 0.717) is 15.8 Å². The Bertz CT molecular complexity index is 744. The van der Waals surface area contributed by atoms with Crippen LogP contribution in [0.2, 0.25) is 0 Å². The number of allylic oxidation sites excluding steroid dienone is 2. The van der Waals surface area contributed by atoms with Crippen molar-refractivity contribution >= 4 is 46.2 Å². The minimum absolute atomic E-state index is 0.0999. The summed E-state index contributed by atoms with van der Waals surface area (Å²) in [5.74, 6) is -0.482. The maximum absolute atomic E-state index is 12.6. The molecule has 1 aliphatic rings. The molecular weight excluding hydrogens is 368 g/mol. The summed E-state index contributed by atoms with van der Waals surface area (Å²) in [4.78, 5) is 28.3. The average molecular weight is 391 g/mol. The van der Waals surface area contributed by atoms with Gasteiger partial charge in [0.05, 0.1) is 11.5 Å². The third-order valence-electron chi connectivity index (χ3n) is 3.82. The molecule has 0 aliphatic carbocycles. The molecule has 5 nitrogen and oxygen atoms in total. The number of benzene rings is 1. The lowest BCUT2D eigenvalue weighted by Gasteiger charge is -2.22. The summed E-state index contributed by atoms with van der Waals surface area (Å²) in [6, 6.07) is 9.83. The highest BCUT2D eigenvalue weighted by molar-refractivity contribution is 8.26. The molecule has 0 spiro atoms. The Balaban J connectivity index is 2.10. The summed E-state index contributed by atoms with van der Waals surface area (Å²) >= 11 is 6.47. The molecule has 0 radical (unpaired) electrons. The first-order chi connectivity index (χ1) is 12.5. The molecule has 1 aromatic carbocycles. The van der Waals surface area contributed by atoms with Crippen LogP contribution in [0.25, 0.3) is 6.08 Å². The van der Waals surface area contributed by atoms with Crippen LogP contribution in [0, 0.1) is 0 Å². The lowest BCUT2D eigenvalue weighted by Crippen LogP contribution is -2.43. The molecule has 2 rings (SSSR count). The molecule has 7 heteroatoms. The van der Waals surface area contributed by atoms with E-state index in [0.717, 1.165) is 11.1 Å². The number of carbonyl (C=O) groups is 2. The van der Waals surface area contributed by atoms with Gasteiger partial charge in [-0.15, -0.1) is 0 Å². The predicted octanol–water partition coefficient (Wildman–Crippen LogP) is 2.67. The van der Waals surface area contributed by atoms with Crippen molar-refractivity contribution in [3.63, 3.8) is 0 Å². The molecule has 1 saturated heterocycles. The highest BCUT2D eigenvalue weighted by atomic mass is 32.2. The number of hydrogen-bond acceptors (Lipinski definition) is 5. The maximum Gasteiger partial charge on any atom is 0.266 e. The second-order valence-corrected chi connectivity index (χ2v) is 7.44. The van der Waals surface area contributed by atoms with E-state index in [9.17, 15) is 9.59 Å². The van der Waals surface area contributed by atoms with Gasteiger partial charge in [0, 0.05) is 13.1 Å². The number of hydrogen-bond donors (Lipinski definition) is 1. The van der Waals surface area contributed by atoms with Crippen molar-refractivity contribution in [2.24, 2.45) is 0 Å². The van der Waals surface area contributed by atoms with Gasteiger partial charge < -0.3 is 10.0 Å². The first-order valence-corrected chi connectivity index (χ1v) is 9.56. The molecular formula is C19H22N2O3S2. The number of amides is 2. The van der Waals surface area contributed by atoms with Crippen molar-refractivity contribution < 1.29 is 14.7 Å². The highest BCUT2D eigenvalue weighted by Crippen LogP contribution is 2.32. The molecule has 0 saturated carbocycles. The largest absolute Gasteiger partial charge is 0.395 e. The topological polar surface area (TPSA) is 60.9 Å². The number of aliphatic hydroxyl groups is 1. The van der Waals surface area contributed by atoms with E-state index in [2.05, 4.69) is 0 Å². The minimum Gasteiger partial charge on any atom is -0.395 e. The molecule has 138 valence electrons. The van der Waals surface area contributed by atoms with Crippen LogP contribution in [-0.4, -0.2) is 57.3 Å². The fraction of sp³-hybridized carbons (Fsp3) is 0.316. The van der Waals surface area contributed by atoms with Gasteiger partial charge in [-0.1, -0.05) is 60.4 Å². The highest BCUT2D eigenvalue weighted by Gasteiger charge is 2.34. The smallest absolute Gasteiger partial charge is 0.266 e. The number of likely N-dealkylation sites (N-methyl/N-ethyl adjacent to an activating group) is 1. The molecule has 2 amide bonds. The van der Waals surface area contributed by atoms with Crippen LogP contribution in [0.1, 0.15) is 19.4 Å². The summed E-state index contributed by atoms with van der Waals surface area (Å²) in [6.07, 6.45) is 3.78. The Morgan fingerprint density at radius 1 is 1.35 bits per heavy atom. The summed E-state index contributed by atoms with van der Waals surface area (Å²) in [7, 11) is 0. The Hall–Kier alpha value is -1.96. The number of thiocarbonyl (C=S) groups is 1. The molecule has 0 aromatic heterocycles. The van der Waals surface area contributed by atoms with E-state index in [1.165, 1.54) is 21.6 Å². The summed E-state index contributed by atoms with van der Waals surface area (Å²) in [5.41, 5.74) is 1.98. The SMILES string of the molecule is CCN(CCO)C(=O)CN1C(=O)/C(=C/C(C)=C/c2ccccc2)SC1=S. The lowest BCUT2D eigenvalue weighted by atomic mass is 10.1. The normalized spacial score (nSPS) is 16.5. The van der Waals surface area contributed by atoms with Crippen molar-refractivity contribution in [1.29, 1.82) is 0 Å². The van der Waals surface area contributed by atoms with E-state index in [1.54, 1.807) is 6.08 Å². The van der Waals surface area contributed by atoms with Gasteiger partial charge in [0.1, 0.15) is 10.9 Å². The average Bonchev–Trinajstić information content (AvgIpc) is 2.87. The molecule has 1 fully saturated rings. The van der Waals surface area contributed by atoms with Crippen molar-refractivity contribution in [3.8, 4) is 0 Å². The molecule has 0 unspecified atom stereocenters. The first kappa shape index (κ1) is 20.4. The van der Waals surface area contributed by atoms with Gasteiger partial charge in [-0.3, -0.25) is 14.5 Å². The zero-order valence-electron chi connectivity index (χ0n) is 14.8. The number of carbonyl (C=O) groups excluding carboxylic acids is 2. The fourth-order valence-electron chi connectivity index (χ4n) is 2.51. The third kappa shape index (κ3) is 5.27. The van der Waals surface area contributed by atoms with Gasteiger partial charge in [0.15, 0.2) is 0 Å². The predicted molar refractivity (Wildman–Crippen MR) is 109 cm³/mol. The molecule has 1 aromatic rings. The fourth-order valence-corrected chi connectivity index (χ4v) is 3.82. The molecule has 1 aliphatic heterocycles. The van der Waals surface area contributed by atoms with Crippen molar-refractivity contribution in [2.75, 3.05) is 26.2 Å². The zero-order valence-corrected chi connectivity index (χ0v) is 16.5. The van der Waals surface area contributed by atoms with Crippen LogP contribution in [0.3, 0.4) is 0 Å². The van der Waals surface area contributed by atoms with E-state index in [1.807, 2.05) is 50.3 Å². The van der Waals surface area contributed by atoms with Crippen LogP contribution in [-0.2, 0) is 9.59 Å². The third-order valence-corrected chi connectivity index (χ3v) is 5.20. The first-order valence-electron chi connectivity index (χ1n) is 8.33. The molecule has 26 heavy (non-hydrogen) atoms. The van der Waals surface area contributed by atoms with Gasteiger partial charge in [-0.25, -0.2) is 0 Å². The summed E-state index contributed by atoms with van der Waals surface area (Å²) in [5, 5.41) is 9.02. The van der Waals surface area contributed by atoms with Gasteiger partial charge in [-0.2, -0.15) is 0 Å². The minimum atomic E-state index is -0.255. The van der Waals surface area contributed by atoms with E-state index >= 15 is 0 Å². The number of rotatable bonds is 7. The maximum atomic E-state index is 12.6. The zero-order chi connectivity index (χ0) is 19.1. The Kier molecular flexibility index (Phi) is 7.56. The van der Waals surface area contributed by atoms with Crippen LogP contribution < -0.4 is 0 Å². The van der Waals surface area contributed by atoms with Crippen LogP contribution >= 0.6 is 24.0 Å². The van der Waals surface area contributed by atoms with Crippen LogP contribution in [0.4, 0.5) is 0 Å². The second-order valence-electron chi connectivity index (χ2n) is 5.76. The van der Waals surface area contributed by atoms with E-state index in [-0.39, 0.29) is 31.5 Å². The van der Waals surface area contributed by atoms with E-state index < -0.39 is 0 Å². The van der Waals surface area contributed by atoms with Crippen molar-refractivity contribution in [1.82, 2.24) is 9.80 Å². The Labute approximate surface area is 163 Å². The molecule has 0 bridgehead atoms. The molecule has 0 atom stereocenters. The van der Waals surface area contributed by atoms with Gasteiger partial charge in [0.25, 0.3) is 5.91 Å². The second kappa shape index (κ2) is 9.66. The Morgan fingerprint density at radius 3 is 2.65 bits per heavy atom. The van der Waals surface area contributed by atoms with Gasteiger partial charge in [-0.05, 0) is 31.1 Å². The summed E-state index contributed by atoms with van der Waals surface area (Å²) in [6.45, 7) is 4.26. The molecule has 1 heterocycles. The monoisotopic (exact) mass is 390 g/mol. The van der Waals surface area contributed by atoms with E-state index in [4.69, 9.17) is 17.3 Å². The van der Waals surface area contributed by atoms with Crippen molar-refractivity contribution in [2.45, 2.75) is 13.8 Å². The number of thioether (sulfide) groups is 1. The number of nitrogens with zero attached hydrogens (tertiary/aromatic N) is 2. The van der Waals surface area contributed by atoms with Crippen molar-refractivity contribution in [3.05, 3.63) is 52.4 Å². The molecule has 1 N–H and O–H groups in total. The Morgan fingerprint density at radius 2 is 2.04 bits per heavy atom. The summed E-state index contributed by atoms with van der Waals surface area (Å²) < 4.78 is 0.377. The quantitative estimate of drug-likeness (QED) is 0.573. The lowest BCUT2D eigenvalue weighted by molar-refractivity contribution is -0.135. The van der Waals surface area contributed by atoms with Gasteiger partial charge >= 0.3 is 0 Å².